The number of carbonyl (C=O) groups excluding carboxylic acids is 1. The van der Waals surface area contributed by atoms with Crippen LogP contribution >= 0.6 is 0 Å². The van der Waals surface area contributed by atoms with Crippen molar-refractivity contribution in [2.45, 2.75) is 45.2 Å². The van der Waals surface area contributed by atoms with Crippen molar-refractivity contribution in [2.24, 2.45) is 0 Å². The summed E-state index contributed by atoms with van der Waals surface area (Å²) in [5, 5.41) is 7.62. The van der Waals surface area contributed by atoms with Crippen LogP contribution in [0.5, 0.6) is 0 Å². The zero-order chi connectivity index (χ0) is 26.1. The number of nitrogen functional groups attached to an aromatic ring is 1. The van der Waals surface area contributed by atoms with E-state index in [-0.39, 0.29) is 17.5 Å². The van der Waals surface area contributed by atoms with E-state index in [0.29, 0.717) is 36.8 Å². The Morgan fingerprint density at radius 3 is 2.51 bits per heavy atom. The minimum Gasteiger partial charge on any atom is -0.402 e. The summed E-state index contributed by atoms with van der Waals surface area (Å²) in [7, 11) is 0. The molecule has 0 spiro atoms. The van der Waals surface area contributed by atoms with Crippen molar-refractivity contribution < 1.29 is 18.0 Å². The Labute approximate surface area is 214 Å². The molecule has 196 valence electrons. The van der Waals surface area contributed by atoms with E-state index in [1.807, 2.05) is 19.1 Å². The lowest BCUT2D eigenvalue weighted by Crippen LogP contribution is -2.58. The van der Waals surface area contributed by atoms with E-state index in [0.717, 1.165) is 62.4 Å². The second-order valence-corrected chi connectivity index (χ2v) is 9.64. The van der Waals surface area contributed by atoms with Crippen molar-refractivity contribution in [2.75, 3.05) is 43.4 Å². The highest BCUT2D eigenvalue weighted by atomic mass is 19.2. The monoisotopic (exact) mass is 511 g/mol. The molecule has 2 fully saturated rings. The fourth-order valence-corrected chi connectivity index (χ4v) is 5.49. The zero-order valence-corrected chi connectivity index (χ0v) is 21.0. The third-order valence-corrected chi connectivity index (χ3v) is 7.45. The number of benzene rings is 1. The molecular formula is C26H31F2N7O2. The molecule has 2 saturated heterocycles. The maximum atomic E-state index is 13.6. The molecule has 5 rings (SSSR count). The molecule has 2 aliphatic heterocycles. The van der Waals surface area contributed by atoms with Gasteiger partial charge in [-0.3, -0.25) is 9.69 Å². The number of rotatable bonds is 5. The predicted molar refractivity (Wildman–Crippen MR) is 135 cm³/mol. The molecule has 0 radical (unpaired) electrons. The molecule has 9 nitrogen and oxygen atoms in total. The number of pyridine rings is 1. The molecule has 0 aliphatic carbocycles. The molecule has 11 heteroatoms. The number of likely N-dealkylation sites (tertiary alicyclic amines) is 1. The molecular weight excluding hydrogens is 480 g/mol. The minimum absolute atomic E-state index is 0.0139. The fraction of sp³-hybridized carbons (Fsp3) is 0.462. The average molecular weight is 512 g/mol. The number of hydrogen-bond acceptors (Lipinski definition) is 8. The average Bonchev–Trinajstić information content (AvgIpc) is 3.36. The normalized spacial score (nSPS) is 19.4. The Morgan fingerprint density at radius 1 is 1.08 bits per heavy atom. The number of aromatic nitrogens is 3. The quantitative estimate of drug-likeness (QED) is 0.555. The molecule has 2 aliphatic rings. The van der Waals surface area contributed by atoms with E-state index < -0.39 is 11.6 Å². The highest BCUT2D eigenvalue weighted by Crippen LogP contribution is 2.29. The SMILES string of the molecule is CC[C@H]1CN(c2ccc(-c3nnc(N)o3)nc2C)CCN1C1CCN(C(=O)c2ccc(F)c(F)c2)CC1. The molecule has 3 aromatic rings. The van der Waals surface area contributed by atoms with Crippen molar-refractivity contribution in [1.29, 1.82) is 0 Å². The standard InChI is InChI=1S/C26H31F2N7O2/c1-3-18-15-34(23-7-6-22(30-16(23)2)24-31-32-26(29)37-24)12-13-35(18)19-8-10-33(11-9-19)25(36)17-4-5-20(27)21(28)14-17/h4-7,14,18-19H,3,8-13,15H2,1-2H3,(H2,29,32)/t18-/m0/s1. The summed E-state index contributed by atoms with van der Waals surface area (Å²) in [5.41, 5.74) is 8.30. The minimum atomic E-state index is -0.996. The summed E-state index contributed by atoms with van der Waals surface area (Å²) in [6.45, 7) is 8.07. The van der Waals surface area contributed by atoms with Gasteiger partial charge >= 0.3 is 6.01 Å². The summed E-state index contributed by atoms with van der Waals surface area (Å²) in [5.74, 6) is -1.88. The summed E-state index contributed by atoms with van der Waals surface area (Å²) < 4.78 is 32.2. The topological polar surface area (TPSA) is 105 Å². The second kappa shape index (κ2) is 10.4. The van der Waals surface area contributed by atoms with Crippen LogP contribution in [0.3, 0.4) is 0 Å². The molecule has 2 N–H and O–H groups in total. The second-order valence-electron chi connectivity index (χ2n) is 9.64. The zero-order valence-electron chi connectivity index (χ0n) is 21.0. The van der Waals surface area contributed by atoms with E-state index in [2.05, 4.69) is 31.9 Å². The first-order chi connectivity index (χ1) is 17.8. The van der Waals surface area contributed by atoms with E-state index in [4.69, 9.17) is 10.2 Å². The lowest BCUT2D eigenvalue weighted by atomic mass is 9.97. The van der Waals surface area contributed by atoms with Crippen LogP contribution in [0.25, 0.3) is 11.6 Å². The maximum Gasteiger partial charge on any atom is 0.313 e. The molecule has 2 aromatic heterocycles. The Hall–Kier alpha value is -3.60. The molecule has 4 heterocycles. The number of hydrogen-bond donors (Lipinski definition) is 1. The first kappa shape index (κ1) is 25.1. The smallest absolute Gasteiger partial charge is 0.313 e. The molecule has 1 atom stereocenters. The van der Waals surface area contributed by atoms with Gasteiger partial charge in [0.25, 0.3) is 11.8 Å². The lowest BCUT2D eigenvalue weighted by Gasteiger charge is -2.48. The van der Waals surface area contributed by atoms with Gasteiger partial charge in [-0.1, -0.05) is 12.0 Å². The van der Waals surface area contributed by atoms with Gasteiger partial charge in [-0.15, -0.1) is 5.10 Å². The molecule has 1 amide bonds. The van der Waals surface area contributed by atoms with Crippen LogP contribution < -0.4 is 10.6 Å². The van der Waals surface area contributed by atoms with Crippen LogP contribution in [0, 0.1) is 18.6 Å². The van der Waals surface area contributed by atoms with Gasteiger partial charge in [-0.05, 0) is 56.5 Å². The largest absolute Gasteiger partial charge is 0.402 e. The van der Waals surface area contributed by atoms with Crippen LogP contribution in [-0.4, -0.2) is 75.7 Å². The number of amides is 1. The van der Waals surface area contributed by atoms with Crippen molar-refractivity contribution in [3.05, 3.63) is 53.2 Å². The van der Waals surface area contributed by atoms with Gasteiger partial charge in [0.05, 0.1) is 11.4 Å². The van der Waals surface area contributed by atoms with Crippen molar-refractivity contribution >= 4 is 17.6 Å². The molecule has 0 bridgehead atoms. The van der Waals surface area contributed by atoms with Gasteiger partial charge in [-0.2, -0.15) is 0 Å². The van der Waals surface area contributed by atoms with Gasteiger partial charge in [0.15, 0.2) is 11.6 Å². The summed E-state index contributed by atoms with van der Waals surface area (Å²) in [6, 6.07) is 8.03. The number of nitrogens with zero attached hydrogens (tertiary/aromatic N) is 6. The lowest BCUT2D eigenvalue weighted by molar-refractivity contribution is 0.0491. The maximum absolute atomic E-state index is 13.6. The number of aryl methyl sites for hydroxylation is 1. The van der Waals surface area contributed by atoms with Gasteiger partial charge in [0.1, 0.15) is 5.69 Å². The summed E-state index contributed by atoms with van der Waals surface area (Å²) >= 11 is 0. The van der Waals surface area contributed by atoms with Crippen LogP contribution in [0.15, 0.2) is 34.7 Å². The van der Waals surface area contributed by atoms with Crippen molar-refractivity contribution in [3.8, 4) is 11.6 Å². The number of piperidine rings is 1. The van der Waals surface area contributed by atoms with Crippen LogP contribution in [0.2, 0.25) is 0 Å². The van der Waals surface area contributed by atoms with E-state index >= 15 is 0 Å². The van der Waals surface area contributed by atoms with E-state index in [1.54, 1.807) is 4.90 Å². The summed E-state index contributed by atoms with van der Waals surface area (Å²) in [6.07, 6.45) is 2.72. The van der Waals surface area contributed by atoms with E-state index in [9.17, 15) is 13.6 Å². The van der Waals surface area contributed by atoms with Gasteiger partial charge in [0.2, 0.25) is 0 Å². The summed E-state index contributed by atoms with van der Waals surface area (Å²) in [4.78, 5) is 24.2. The molecule has 0 saturated carbocycles. The highest BCUT2D eigenvalue weighted by Gasteiger charge is 2.34. The van der Waals surface area contributed by atoms with Crippen LogP contribution in [-0.2, 0) is 0 Å². The molecule has 37 heavy (non-hydrogen) atoms. The van der Waals surface area contributed by atoms with Gasteiger partial charge < -0.3 is 20.0 Å². The van der Waals surface area contributed by atoms with Crippen LogP contribution in [0.1, 0.15) is 42.2 Å². The number of carbonyl (C=O) groups is 1. The fourth-order valence-electron chi connectivity index (χ4n) is 5.49. The molecule has 0 unspecified atom stereocenters. The number of piperazine rings is 1. The Morgan fingerprint density at radius 2 is 1.86 bits per heavy atom. The highest BCUT2D eigenvalue weighted by molar-refractivity contribution is 5.94. The van der Waals surface area contributed by atoms with Crippen molar-refractivity contribution in [3.63, 3.8) is 0 Å². The van der Waals surface area contributed by atoms with Crippen molar-refractivity contribution in [1.82, 2.24) is 25.0 Å². The number of nitrogens with two attached hydrogens (primary N) is 1. The Balaban J connectivity index is 1.20. The first-order valence-corrected chi connectivity index (χ1v) is 12.7. The molecule has 1 aromatic carbocycles. The number of anilines is 2. The van der Waals surface area contributed by atoms with Gasteiger partial charge in [0, 0.05) is 50.4 Å². The predicted octanol–water partition coefficient (Wildman–Crippen LogP) is 3.51. The van der Waals surface area contributed by atoms with Crippen LogP contribution in [0.4, 0.5) is 20.5 Å². The Bertz CT molecular complexity index is 1280. The third-order valence-electron chi connectivity index (χ3n) is 7.45. The first-order valence-electron chi connectivity index (χ1n) is 12.7. The Kier molecular flexibility index (Phi) is 7.05. The third kappa shape index (κ3) is 5.13. The number of halogens is 2. The van der Waals surface area contributed by atoms with Gasteiger partial charge in [-0.25, -0.2) is 13.8 Å². The van der Waals surface area contributed by atoms with E-state index in [1.165, 1.54) is 6.07 Å².